The first-order chi connectivity index (χ1) is 22.7. The predicted octanol–water partition coefficient (Wildman–Crippen LogP) is 3.53. The second kappa shape index (κ2) is 20.1. The van der Waals surface area contributed by atoms with Crippen LogP contribution in [0.2, 0.25) is 0 Å². The summed E-state index contributed by atoms with van der Waals surface area (Å²) in [5.41, 5.74) is 2.67. The van der Waals surface area contributed by atoms with E-state index < -0.39 is 0 Å². The first-order valence-corrected chi connectivity index (χ1v) is 16.8. The lowest BCUT2D eigenvalue weighted by Crippen LogP contribution is -2.45. The van der Waals surface area contributed by atoms with Gasteiger partial charge in [0.1, 0.15) is 5.82 Å². The van der Waals surface area contributed by atoms with Crippen LogP contribution in [-0.4, -0.2) is 115 Å². The van der Waals surface area contributed by atoms with Crippen molar-refractivity contribution in [2.75, 3.05) is 82.2 Å². The summed E-state index contributed by atoms with van der Waals surface area (Å²) >= 11 is 0. The van der Waals surface area contributed by atoms with Crippen LogP contribution in [0, 0.1) is 11.8 Å². The Labute approximate surface area is 279 Å². The van der Waals surface area contributed by atoms with E-state index in [0.29, 0.717) is 68.6 Å². The van der Waals surface area contributed by atoms with Gasteiger partial charge in [0.2, 0.25) is 5.95 Å². The predicted molar refractivity (Wildman–Crippen MR) is 186 cm³/mol. The molecule has 1 atom stereocenters. The van der Waals surface area contributed by atoms with E-state index in [-0.39, 0.29) is 25.1 Å². The van der Waals surface area contributed by atoms with Crippen LogP contribution in [0.5, 0.6) is 0 Å². The van der Waals surface area contributed by atoms with Gasteiger partial charge in [-0.3, -0.25) is 4.79 Å². The van der Waals surface area contributed by atoms with E-state index in [1.165, 1.54) is 0 Å². The zero-order valence-corrected chi connectivity index (χ0v) is 28.7. The Morgan fingerprint density at radius 3 is 2.17 bits per heavy atom. The van der Waals surface area contributed by atoms with E-state index in [2.05, 4.69) is 49.7 Å². The highest BCUT2D eigenvalue weighted by Crippen LogP contribution is 2.30. The molecule has 4 N–H and O–H groups in total. The van der Waals surface area contributed by atoms with Crippen molar-refractivity contribution in [1.29, 1.82) is 0 Å². The first kappa shape index (κ1) is 38.0. The Morgan fingerprint density at radius 2 is 1.57 bits per heavy atom. The van der Waals surface area contributed by atoms with Gasteiger partial charge in [-0.15, -0.1) is 0 Å². The number of benzene rings is 1. The van der Waals surface area contributed by atoms with Crippen LogP contribution in [0.1, 0.15) is 57.8 Å². The zero-order valence-electron chi connectivity index (χ0n) is 28.7. The number of amides is 1. The lowest BCUT2D eigenvalue weighted by Gasteiger charge is -2.34. The Bertz CT molecular complexity index is 1360. The lowest BCUT2D eigenvalue weighted by atomic mass is 10.1. The van der Waals surface area contributed by atoms with Gasteiger partial charge in [-0.25, -0.2) is 4.98 Å². The fourth-order valence-electron chi connectivity index (χ4n) is 4.92. The number of fused-ring (bicyclic) bond motifs is 1. The molecule has 1 unspecified atom stereocenters. The third kappa shape index (κ3) is 12.0. The maximum atomic E-state index is 12.4. The number of nitrogens with one attached hydrogen (secondary N) is 1. The minimum Gasteiger partial charge on any atom is -0.396 e. The third-order valence-corrected chi connectivity index (χ3v) is 7.69. The van der Waals surface area contributed by atoms with Gasteiger partial charge < -0.3 is 39.9 Å². The number of nitrogens with zero attached hydrogens (tertiary/aromatic N) is 5. The molecule has 0 saturated carbocycles. The number of ether oxygens (including phenoxy) is 2. The highest BCUT2D eigenvalue weighted by Gasteiger charge is 2.25. The van der Waals surface area contributed by atoms with Crippen molar-refractivity contribution in [1.82, 2.24) is 20.3 Å². The molecule has 4 heterocycles. The van der Waals surface area contributed by atoms with Crippen molar-refractivity contribution in [2.45, 2.75) is 53.5 Å². The standard InChI is InChI=1S/C25H30N6O4.2C5H12O/c1-17-16-35-14-10-31(17)25-28-22-20(23(29-25)30-8-12-34-13-9-30)5-6-21(27-22)18-3-2-4-19(15-18)24(33)26-7-11-32;2*1-5(2)3-4-6/h2-6,15,17,32H,7-14,16H2,1H3,(H,26,33);2*5-6H,3-4H2,1-2H3. The number of hydrogen-bond acceptors (Lipinski definition) is 11. The zero-order chi connectivity index (χ0) is 34.2. The maximum Gasteiger partial charge on any atom is 0.251 e. The van der Waals surface area contributed by atoms with Crippen LogP contribution in [-0.2, 0) is 9.47 Å². The van der Waals surface area contributed by atoms with Gasteiger partial charge in [0, 0.05) is 50.5 Å². The van der Waals surface area contributed by atoms with Crippen molar-refractivity contribution in [3.05, 3.63) is 42.0 Å². The summed E-state index contributed by atoms with van der Waals surface area (Å²) < 4.78 is 11.2. The average molecular weight is 655 g/mol. The number of hydrogen-bond donors (Lipinski definition) is 4. The summed E-state index contributed by atoms with van der Waals surface area (Å²) in [7, 11) is 0. The SMILES string of the molecule is CC(C)CCO.CC(C)CCO.CC1COCCN1c1nc(N2CCOCC2)c2ccc(-c3cccc(C(=O)NCCO)c3)nc2n1. The van der Waals surface area contributed by atoms with Gasteiger partial charge in [0.15, 0.2) is 5.65 Å². The molecular formula is C35H54N6O6. The normalized spacial score (nSPS) is 16.4. The highest BCUT2D eigenvalue weighted by molar-refractivity contribution is 5.95. The van der Waals surface area contributed by atoms with Crippen LogP contribution < -0.4 is 15.1 Å². The molecule has 0 spiro atoms. The molecule has 1 aromatic carbocycles. The molecule has 260 valence electrons. The van der Waals surface area contributed by atoms with Crippen LogP contribution in [0.25, 0.3) is 22.3 Å². The van der Waals surface area contributed by atoms with Gasteiger partial charge in [0.05, 0.1) is 50.2 Å². The molecule has 2 aromatic heterocycles. The maximum absolute atomic E-state index is 12.4. The fraction of sp³-hybridized carbons (Fsp3) is 0.600. The van der Waals surface area contributed by atoms with Crippen molar-refractivity contribution in [2.24, 2.45) is 11.8 Å². The molecule has 12 heteroatoms. The van der Waals surface area contributed by atoms with E-state index in [0.717, 1.165) is 54.9 Å². The Hall–Kier alpha value is -3.42. The number of anilines is 2. The van der Waals surface area contributed by atoms with Crippen LogP contribution in [0.15, 0.2) is 36.4 Å². The summed E-state index contributed by atoms with van der Waals surface area (Å²) in [5.74, 6) is 2.58. The quantitative estimate of drug-likeness (QED) is 0.254. The number of pyridine rings is 1. The Balaban J connectivity index is 0.000000428. The summed E-state index contributed by atoms with van der Waals surface area (Å²) in [5, 5.41) is 29.0. The molecule has 5 rings (SSSR count). The van der Waals surface area contributed by atoms with E-state index >= 15 is 0 Å². The fourth-order valence-corrected chi connectivity index (χ4v) is 4.92. The Morgan fingerprint density at radius 1 is 0.894 bits per heavy atom. The molecule has 2 saturated heterocycles. The van der Waals surface area contributed by atoms with Crippen molar-refractivity contribution in [3.63, 3.8) is 0 Å². The largest absolute Gasteiger partial charge is 0.396 e. The van der Waals surface area contributed by atoms with Gasteiger partial charge >= 0.3 is 0 Å². The second-order valence-electron chi connectivity index (χ2n) is 12.5. The summed E-state index contributed by atoms with van der Waals surface area (Å²) in [6.45, 7) is 16.1. The van der Waals surface area contributed by atoms with Crippen molar-refractivity contribution < 1.29 is 29.6 Å². The van der Waals surface area contributed by atoms with E-state index in [1.54, 1.807) is 12.1 Å². The Kier molecular flexibility index (Phi) is 16.2. The van der Waals surface area contributed by atoms with E-state index in [4.69, 9.17) is 39.7 Å². The molecule has 0 radical (unpaired) electrons. The third-order valence-electron chi connectivity index (χ3n) is 7.69. The molecule has 2 aliphatic heterocycles. The molecule has 2 fully saturated rings. The van der Waals surface area contributed by atoms with Gasteiger partial charge in [-0.1, -0.05) is 39.8 Å². The van der Waals surface area contributed by atoms with E-state index in [1.807, 2.05) is 24.3 Å². The van der Waals surface area contributed by atoms with Crippen molar-refractivity contribution in [3.8, 4) is 11.3 Å². The monoisotopic (exact) mass is 654 g/mol. The number of aliphatic hydroxyl groups excluding tert-OH is 3. The van der Waals surface area contributed by atoms with Crippen LogP contribution in [0.3, 0.4) is 0 Å². The van der Waals surface area contributed by atoms with Crippen LogP contribution in [0.4, 0.5) is 11.8 Å². The molecule has 0 bridgehead atoms. The molecule has 1 amide bonds. The average Bonchev–Trinajstić information content (AvgIpc) is 3.07. The number of carbonyl (C=O) groups is 1. The number of carbonyl (C=O) groups excluding carboxylic acids is 1. The molecule has 47 heavy (non-hydrogen) atoms. The highest BCUT2D eigenvalue weighted by atomic mass is 16.5. The molecule has 2 aliphatic rings. The molecular weight excluding hydrogens is 600 g/mol. The topological polar surface area (TPSA) is 153 Å². The van der Waals surface area contributed by atoms with Gasteiger partial charge in [0.25, 0.3) is 5.91 Å². The smallest absolute Gasteiger partial charge is 0.251 e. The molecule has 3 aromatic rings. The number of rotatable bonds is 10. The van der Waals surface area contributed by atoms with Gasteiger partial charge in [-0.05, 0) is 55.9 Å². The van der Waals surface area contributed by atoms with Gasteiger partial charge in [-0.2, -0.15) is 9.97 Å². The van der Waals surface area contributed by atoms with E-state index in [9.17, 15) is 4.79 Å². The minimum atomic E-state index is -0.234. The van der Waals surface area contributed by atoms with Crippen molar-refractivity contribution >= 4 is 28.7 Å². The summed E-state index contributed by atoms with van der Waals surface area (Å²) in [4.78, 5) is 31.5. The second-order valence-corrected chi connectivity index (χ2v) is 12.5. The lowest BCUT2D eigenvalue weighted by molar-refractivity contribution is 0.0944. The molecule has 0 aliphatic carbocycles. The summed E-state index contributed by atoms with van der Waals surface area (Å²) in [6.07, 6.45) is 1.86. The van der Waals surface area contributed by atoms with Crippen LogP contribution >= 0.6 is 0 Å². The summed E-state index contributed by atoms with van der Waals surface area (Å²) in [6, 6.07) is 11.4. The number of aliphatic hydroxyl groups is 3. The first-order valence-electron chi connectivity index (χ1n) is 16.8. The number of aromatic nitrogens is 3. The molecule has 12 nitrogen and oxygen atoms in total. The number of morpholine rings is 2. The minimum absolute atomic E-state index is 0.104.